The summed E-state index contributed by atoms with van der Waals surface area (Å²) in [5.74, 6) is 1.31. The van der Waals surface area contributed by atoms with E-state index in [1.807, 2.05) is 6.92 Å². The van der Waals surface area contributed by atoms with Crippen LogP contribution in [0.5, 0.6) is 11.5 Å². The van der Waals surface area contributed by atoms with E-state index in [1.165, 1.54) is 0 Å². The highest BCUT2D eigenvalue weighted by atomic mass is 16.5. The molecule has 1 aromatic carbocycles. The molecule has 0 saturated carbocycles. The second kappa shape index (κ2) is 9.66. The molecule has 0 atom stereocenters. The number of benzene rings is 1. The molecule has 0 unspecified atom stereocenters. The van der Waals surface area contributed by atoms with Crippen LogP contribution in [-0.2, 0) is 0 Å². The summed E-state index contributed by atoms with van der Waals surface area (Å²) in [7, 11) is 0. The average Bonchev–Trinajstić information content (AvgIpc) is 2.99. The number of aryl methyl sites for hydroxylation is 2. The van der Waals surface area contributed by atoms with Crippen molar-refractivity contribution in [1.29, 1.82) is 0 Å². The Hall–Kier alpha value is -2.96. The summed E-state index contributed by atoms with van der Waals surface area (Å²) >= 11 is 0. The summed E-state index contributed by atoms with van der Waals surface area (Å²) in [5, 5.41) is 0. The number of hydrogen-bond acceptors (Lipinski definition) is 5. The van der Waals surface area contributed by atoms with E-state index < -0.39 is 11.8 Å². The molecule has 0 radical (unpaired) electrons. The maximum atomic E-state index is 12.4. The van der Waals surface area contributed by atoms with Gasteiger partial charge in [-0.2, -0.15) is 0 Å². The smallest absolute Gasteiger partial charge is 0.273 e. The topological polar surface area (TPSA) is 89.8 Å². The van der Waals surface area contributed by atoms with Crippen molar-refractivity contribution < 1.29 is 23.5 Å². The van der Waals surface area contributed by atoms with Crippen LogP contribution in [0.1, 0.15) is 58.9 Å². The van der Waals surface area contributed by atoms with E-state index in [1.54, 1.807) is 38.1 Å². The standard InChI is InChI=1S/C20H26N2O5/c1-5-7-10-26-17-9-8-15(12-18(17)25-6-2)19(23)21-22-20(24)16-11-13(3)27-14(16)4/h8-9,11-12H,5-7,10H2,1-4H3,(H,21,23)(H,22,24). The van der Waals surface area contributed by atoms with Crippen LogP contribution in [0.3, 0.4) is 0 Å². The van der Waals surface area contributed by atoms with E-state index in [0.29, 0.717) is 47.4 Å². The van der Waals surface area contributed by atoms with E-state index in [0.717, 1.165) is 12.8 Å². The van der Waals surface area contributed by atoms with Crippen molar-refractivity contribution >= 4 is 11.8 Å². The molecule has 0 spiro atoms. The minimum absolute atomic E-state index is 0.349. The first kappa shape index (κ1) is 20.4. The lowest BCUT2D eigenvalue weighted by molar-refractivity contribution is 0.0845. The van der Waals surface area contributed by atoms with Crippen molar-refractivity contribution in [1.82, 2.24) is 10.9 Å². The molecule has 0 aliphatic rings. The second-order valence-corrected chi connectivity index (χ2v) is 6.03. The molecule has 0 saturated heterocycles. The number of carbonyl (C=O) groups excluding carboxylic acids is 2. The van der Waals surface area contributed by atoms with E-state index in [9.17, 15) is 9.59 Å². The highest BCUT2D eigenvalue weighted by molar-refractivity contribution is 5.99. The Labute approximate surface area is 159 Å². The summed E-state index contributed by atoms with van der Waals surface area (Å²) in [6, 6.07) is 6.53. The van der Waals surface area contributed by atoms with Gasteiger partial charge in [0.2, 0.25) is 0 Å². The fraction of sp³-hybridized carbons (Fsp3) is 0.400. The molecule has 0 aliphatic carbocycles. The van der Waals surface area contributed by atoms with Crippen LogP contribution in [0.15, 0.2) is 28.7 Å². The lowest BCUT2D eigenvalue weighted by Gasteiger charge is -2.13. The Balaban J connectivity index is 2.03. The largest absolute Gasteiger partial charge is 0.490 e. The predicted molar refractivity (Wildman–Crippen MR) is 101 cm³/mol. The first-order valence-corrected chi connectivity index (χ1v) is 9.03. The van der Waals surface area contributed by atoms with Gasteiger partial charge in [0.05, 0.1) is 18.8 Å². The number of amides is 2. The lowest BCUT2D eigenvalue weighted by atomic mass is 10.2. The Bertz CT molecular complexity index is 798. The number of nitrogens with one attached hydrogen (secondary N) is 2. The van der Waals surface area contributed by atoms with Crippen molar-refractivity contribution in [3.63, 3.8) is 0 Å². The molecule has 2 N–H and O–H groups in total. The van der Waals surface area contributed by atoms with Crippen molar-refractivity contribution in [3.05, 3.63) is 46.9 Å². The zero-order valence-electron chi connectivity index (χ0n) is 16.2. The normalized spacial score (nSPS) is 10.4. The lowest BCUT2D eigenvalue weighted by Crippen LogP contribution is -2.41. The van der Waals surface area contributed by atoms with Crippen molar-refractivity contribution in [3.8, 4) is 11.5 Å². The van der Waals surface area contributed by atoms with Crippen LogP contribution in [0, 0.1) is 13.8 Å². The molecule has 27 heavy (non-hydrogen) atoms. The molecular weight excluding hydrogens is 348 g/mol. The number of hydrazine groups is 1. The SMILES string of the molecule is CCCCOc1ccc(C(=O)NNC(=O)c2cc(C)oc2C)cc1OCC. The Kier molecular flexibility index (Phi) is 7.28. The van der Waals surface area contributed by atoms with Gasteiger partial charge in [-0.15, -0.1) is 0 Å². The van der Waals surface area contributed by atoms with Crippen molar-refractivity contribution in [2.45, 2.75) is 40.5 Å². The van der Waals surface area contributed by atoms with Crippen LogP contribution >= 0.6 is 0 Å². The quantitative estimate of drug-likeness (QED) is 0.545. The molecule has 1 heterocycles. The summed E-state index contributed by atoms with van der Waals surface area (Å²) in [6.07, 6.45) is 1.96. The molecule has 7 nitrogen and oxygen atoms in total. The van der Waals surface area contributed by atoms with Crippen molar-refractivity contribution in [2.24, 2.45) is 0 Å². The minimum atomic E-state index is -0.456. The minimum Gasteiger partial charge on any atom is -0.490 e. The highest BCUT2D eigenvalue weighted by Crippen LogP contribution is 2.28. The van der Waals surface area contributed by atoms with Gasteiger partial charge < -0.3 is 13.9 Å². The number of hydrogen-bond donors (Lipinski definition) is 2. The number of ether oxygens (including phenoxy) is 2. The predicted octanol–water partition coefficient (Wildman–Crippen LogP) is 3.55. The number of rotatable bonds is 8. The zero-order chi connectivity index (χ0) is 19.8. The third-order valence-electron chi connectivity index (χ3n) is 3.84. The van der Waals surface area contributed by atoms with Crippen LogP contribution in [0.25, 0.3) is 0 Å². The molecule has 0 aliphatic heterocycles. The van der Waals surface area contributed by atoms with Crippen LogP contribution < -0.4 is 20.3 Å². The number of furan rings is 1. The summed E-state index contributed by atoms with van der Waals surface area (Å²) < 4.78 is 16.6. The van der Waals surface area contributed by atoms with Gasteiger partial charge in [0.25, 0.3) is 11.8 Å². The molecule has 0 bridgehead atoms. The number of carbonyl (C=O) groups is 2. The van der Waals surface area contributed by atoms with E-state index in [2.05, 4.69) is 17.8 Å². The van der Waals surface area contributed by atoms with Gasteiger partial charge in [-0.25, -0.2) is 0 Å². The van der Waals surface area contributed by atoms with Gasteiger partial charge in [0.15, 0.2) is 11.5 Å². The summed E-state index contributed by atoms with van der Waals surface area (Å²) in [4.78, 5) is 24.5. The number of unbranched alkanes of at least 4 members (excludes halogenated alkanes) is 1. The Morgan fingerprint density at radius 3 is 2.37 bits per heavy atom. The highest BCUT2D eigenvalue weighted by Gasteiger charge is 2.16. The molecule has 7 heteroatoms. The molecular formula is C20H26N2O5. The molecule has 146 valence electrons. The summed E-state index contributed by atoms with van der Waals surface area (Å²) in [6.45, 7) is 8.42. The molecule has 1 aromatic heterocycles. The molecule has 2 amide bonds. The van der Waals surface area contributed by atoms with Crippen molar-refractivity contribution in [2.75, 3.05) is 13.2 Å². The van der Waals surface area contributed by atoms with Crippen LogP contribution in [-0.4, -0.2) is 25.0 Å². The summed E-state index contributed by atoms with van der Waals surface area (Å²) in [5.41, 5.74) is 5.51. The zero-order valence-corrected chi connectivity index (χ0v) is 16.2. The maximum Gasteiger partial charge on any atom is 0.273 e. The van der Waals surface area contributed by atoms with Gasteiger partial charge >= 0.3 is 0 Å². The first-order valence-electron chi connectivity index (χ1n) is 9.03. The molecule has 2 rings (SSSR count). The average molecular weight is 374 g/mol. The fourth-order valence-electron chi connectivity index (χ4n) is 2.47. The fourth-order valence-corrected chi connectivity index (χ4v) is 2.47. The van der Waals surface area contributed by atoms with E-state index in [-0.39, 0.29) is 0 Å². The van der Waals surface area contributed by atoms with Gasteiger partial charge in [0, 0.05) is 5.56 Å². The van der Waals surface area contributed by atoms with E-state index >= 15 is 0 Å². The second-order valence-electron chi connectivity index (χ2n) is 6.03. The first-order chi connectivity index (χ1) is 13.0. The Morgan fingerprint density at radius 2 is 1.74 bits per heavy atom. The Morgan fingerprint density at radius 1 is 1.00 bits per heavy atom. The molecule has 0 fully saturated rings. The maximum absolute atomic E-state index is 12.4. The molecule has 2 aromatic rings. The van der Waals surface area contributed by atoms with Gasteiger partial charge in [-0.3, -0.25) is 20.4 Å². The third kappa shape index (κ3) is 5.51. The van der Waals surface area contributed by atoms with Gasteiger partial charge in [0.1, 0.15) is 11.5 Å². The van der Waals surface area contributed by atoms with E-state index in [4.69, 9.17) is 13.9 Å². The third-order valence-corrected chi connectivity index (χ3v) is 3.84. The van der Waals surface area contributed by atoms with Gasteiger partial charge in [-0.1, -0.05) is 13.3 Å². The van der Waals surface area contributed by atoms with Crippen LogP contribution in [0.4, 0.5) is 0 Å². The van der Waals surface area contributed by atoms with Crippen LogP contribution in [0.2, 0.25) is 0 Å². The monoisotopic (exact) mass is 374 g/mol. The van der Waals surface area contributed by atoms with Gasteiger partial charge in [-0.05, 0) is 51.5 Å².